The number of nitrogens with two attached hydrogens (primary N) is 1. The van der Waals surface area contributed by atoms with Gasteiger partial charge in [-0.2, -0.15) is 5.10 Å². The van der Waals surface area contributed by atoms with E-state index in [9.17, 15) is 17.9 Å². The molecule has 1 aromatic heterocycles. The zero-order valence-corrected chi connectivity index (χ0v) is 19.9. The molecule has 1 atom stereocenters. The second kappa shape index (κ2) is 10.5. The lowest BCUT2D eigenvalue weighted by Gasteiger charge is -2.15. The fourth-order valence-electron chi connectivity index (χ4n) is 3.36. The lowest BCUT2D eigenvalue weighted by atomic mass is 10.1. The molecule has 1 heterocycles. The molecule has 4 aromatic rings. The molecule has 0 aliphatic carbocycles. The van der Waals surface area contributed by atoms with Crippen LogP contribution in [0.4, 0.5) is 15.8 Å². The predicted octanol–water partition coefficient (Wildman–Crippen LogP) is 3.44. The van der Waals surface area contributed by atoms with Crippen molar-refractivity contribution in [2.75, 3.05) is 30.2 Å². The van der Waals surface area contributed by atoms with Gasteiger partial charge in [0, 0.05) is 30.2 Å². The first-order valence-electron chi connectivity index (χ1n) is 10.6. The number of aliphatic hydroxyl groups is 1. The molecule has 6 N–H and O–H groups in total. The third kappa shape index (κ3) is 6.01. The van der Waals surface area contributed by atoms with E-state index in [2.05, 4.69) is 20.2 Å². The second-order valence-corrected chi connectivity index (χ2v) is 9.76. The molecule has 35 heavy (non-hydrogen) atoms. The Morgan fingerprint density at radius 1 is 1.17 bits per heavy atom. The third-order valence-electron chi connectivity index (χ3n) is 5.15. The predicted molar refractivity (Wildman–Crippen MR) is 132 cm³/mol. The molecule has 12 heteroatoms. The van der Waals surface area contributed by atoms with Gasteiger partial charge in [0.25, 0.3) is 10.0 Å². The molecule has 9 nitrogen and oxygen atoms in total. The van der Waals surface area contributed by atoms with Crippen molar-refractivity contribution < 1.29 is 22.7 Å². The Labute approximate surface area is 206 Å². The molecule has 0 spiro atoms. The molecule has 0 aliphatic rings. The standard InChI is InChI=1S/C23H23ClFN5O4S/c24-23-18-6-5-16(12-20(18)28-29-23)34-9-8-27-13-22(31)14-4-7-19(25)21(10-14)30-35(32,33)17-3-1-2-15(26)11-17/h1-7,10-12,22,27,30-31H,8-9,13,26H2,(H,28,29)/t22-/m0/s1. The van der Waals surface area contributed by atoms with Crippen LogP contribution in [-0.4, -0.2) is 43.4 Å². The molecule has 0 bridgehead atoms. The molecule has 4 rings (SSSR count). The zero-order valence-electron chi connectivity index (χ0n) is 18.3. The van der Waals surface area contributed by atoms with E-state index in [4.69, 9.17) is 22.1 Å². The largest absolute Gasteiger partial charge is 0.492 e. The number of rotatable bonds is 10. The number of ether oxygens (including phenoxy) is 1. The highest BCUT2D eigenvalue weighted by atomic mass is 35.5. The minimum absolute atomic E-state index is 0.0981. The van der Waals surface area contributed by atoms with Crippen LogP contribution in [0, 0.1) is 5.82 Å². The van der Waals surface area contributed by atoms with Crippen LogP contribution in [0.5, 0.6) is 5.75 Å². The lowest BCUT2D eigenvalue weighted by molar-refractivity contribution is 0.172. The number of aliphatic hydroxyl groups excluding tert-OH is 1. The Kier molecular flexibility index (Phi) is 7.41. The van der Waals surface area contributed by atoms with E-state index in [0.29, 0.717) is 35.1 Å². The number of halogens is 2. The van der Waals surface area contributed by atoms with Crippen LogP contribution < -0.4 is 20.5 Å². The molecule has 184 valence electrons. The summed E-state index contributed by atoms with van der Waals surface area (Å²) in [4.78, 5) is -0.0981. The van der Waals surface area contributed by atoms with Gasteiger partial charge in [-0.3, -0.25) is 9.82 Å². The summed E-state index contributed by atoms with van der Waals surface area (Å²) in [6.45, 7) is 0.891. The van der Waals surface area contributed by atoms with Crippen molar-refractivity contribution >= 4 is 43.9 Å². The Morgan fingerprint density at radius 3 is 2.80 bits per heavy atom. The lowest BCUT2D eigenvalue weighted by Crippen LogP contribution is -2.26. The van der Waals surface area contributed by atoms with Gasteiger partial charge in [0.1, 0.15) is 23.3 Å². The van der Waals surface area contributed by atoms with Gasteiger partial charge in [0.05, 0.1) is 22.2 Å². The van der Waals surface area contributed by atoms with Crippen molar-refractivity contribution in [1.82, 2.24) is 15.5 Å². The maximum atomic E-state index is 14.3. The molecule has 0 amide bonds. The van der Waals surface area contributed by atoms with Gasteiger partial charge in [-0.05, 0) is 48.0 Å². The average molecular weight is 520 g/mol. The summed E-state index contributed by atoms with van der Waals surface area (Å²) in [7, 11) is -4.06. The quantitative estimate of drug-likeness (QED) is 0.159. The highest BCUT2D eigenvalue weighted by molar-refractivity contribution is 7.92. The molecule has 0 radical (unpaired) electrons. The second-order valence-electron chi connectivity index (χ2n) is 7.70. The highest BCUT2D eigenvalue weighted by Crippen LogP contribution is 2.25. The number of H-pyrrole nitrogens is 1. The van der Waals surface area contributed by atoms with Crippen LogP contribution in [0.3, 0.4) is 0 Å². The number of fused-ring (bicyclic) bond motifs is 1. The van der Waals surface area contributed by atoms with Crippen molar-refractivity contribution in [1.29, 1.82) is 0 Å². The molecule has 3 aromatic carbocycles. The normalized spacial score (nSPS) is 12.5. The van der Waals surface area contributed by atoms with Crippen molar-refractivity contribution in [2.24, 2.45) is 0 Å². The van der Waals surface area contributed by atoms with Gasteiger partial charge in [0.2, 0.25) is 0 Å². The smallest absolute Gasteiger partial charge is 0.262 e. The summed E-state index contributed by atoms with van der Waals surface area (Å²) >= 11 is 5.98. The Bertz CT molecular complexity index is 1450. The van der Waals surface area contributed by atoms with Gasteiger partial charge in [-0.1, -0.05) is 23.7 Å². The summed E-state index contributed by atoms with van der Waals surface area (Å²) in [5.41, 5.74) is 6.66. The molecule has 0 saturated carbocycles. The first-order chi connectivity index (χ1) is 16.7. The summed E-state index contributed by atoms with van der Waals surface area (Å²) in [5.74, 6) is -0.149. The number of sulfonamides is 1. The van der Waals surface area contributed by atoms with E-state index < -0.39 is 21.9 Å². The monoisotopic (exact) mass is 519 g/mol. The molecule has 0 unspecified atom stereocenters. The fourth-order valence-corrected chi connectivity index (χ4v) is 4.68. The Balaban J connectivity index is 1.31. The number of nitrogens with zero attached hydrogens (tertiary/aromatic N) is 1. The Morgan fingerprint density at radius 2 is 2.00 bits per heavy atom. The van der Waals surface area contributed by atoms with Crippen LogP contribution in [0.2, 0.25) is 5.15 Å². The molecular formula is C23H23ClFN5O4S. The number of aromatic amines is 1. The van der Waals surface area contributed by atoms with Crippen molar-refractivity contribution in [3.05, 3.63) is 77.2 Å². The number of hydrogen-bond donors (Lipinski definition) is 5. The number of nitrogens with one attached hydrogen (secondary N) is 3. The van der Waals surface area contributed by atoms with E-state index in [1.165, 1.54) is 30.3 Å². The molecular weight excluding hydrogens is 497 g/mol. The van der Waals surface area contributed by atoms with E-state index in [0.717, 1.165) is 11.5 Å². The maximum absolute atomic E-state index is 14.3. The van der Waals surface area contributed by atoms with Crippen LogP contribution in [-0.2, 0) is 10.0 Å². The topological polar surface area (TPSA) is 142 Å². The van der Waals surface area contributed by atoms with E-state index in [1.807, 2.05) is 0 Å². The van der Waals surface area contributed by atoms with Gasteiger partial charge >= 0.3 is 0 Å². The van der Waals surface area contributed by atoms with Gasteiger partial charge < -0.3 is 20.9 Å². The first-order valence-corrected chi connectivity index (χ1v) is 12.4. The van der Waals surface area contributed by atoms with Crippen LogP contribution in [0.1, 0.15) is 11.7 Å². The summed E-state index contributed by atoms with van der Waals surface area (Å²) in [5, 5.41) is 21.6. The number of anilines is 2. The Hall–Kier alpha value is -3.38. The van der Waals surface area contributed by atoms with E-state index >= 15 is 0 Å². The van der Waals surface area contributed by atoms with E-state index in [-0.39, 0.29) is 22.8 Å². The minimum Gasteiger partial charge on any atom is -0.492 e. The van der Waals surface area contributed by atoms with Gasteiger partial charge in [-0.25, -0.2) is 12.8 Å². The molecule has 0 saturated heterocycles. The van der Waals surface area contributed by atoms with Crippen LogP contribution >= 0.6 is 11.6 Å². The highest BCUT2D eigenvalue weighted by Gasteiger charge is 2.18. The van der Waals surface area contributed by atoms with Crippen LogP contribution in [0.25, 0.3) is 10.9 Å². The third-order valence-corrected chi connectivity index (χ3v) is 6.80. The average Bonchev–Trinajstić information content (AvgIpc) is 3.20. The number of nitrogen functional groups attached to an aromatic ring is 1. The maximum Gasteiger partial charge on any atom is 0.262 e. The molecule has 0 aliphatic heterocycles. The number of benzene rings is 3. The SMILES string of the molecule is Nc1cccc(S(=O)(=O)Nc2cc([C@@H](O)CNCCOc3ccc4c(Cl)[nH]nc4c3)ccc2F)c1. The van der Waals surface area contributed by atoms with Crippen molar-refractivity contribution in [3.63, 3.8) is 0 Å². The van der Waals surface area contributed by atoms with Gasteiger partial charge in [-0.15, -0.1) is 0 Å². The number of aromatic nitrogens is 2. The molecule has 0 fully saturated rings. The summed E-state index contributed by atoms with van der Waals surface area (Å²) in [6, 6.07) is 14.7. The fraction of sp³-hybridized carbons (Fsp3) is 0.174. The summed E-state index contributed by atoms with van der Waals surface area (Å²) < 4.78 is 47.3. The van der Waals surface area contributed by atoms with Crippen molar-refractivity contribution in [2.45, 2.75) is 11.0 Å². The zero-order chi connectivity index (χ0) is 25.0. The van der Waals surface area contributed by atoms with Crippen molar-refractivity contribution in [3.8, 4) is 5.75 Å². The first kappa shape index (κ1) is 24.7. The van der Waals surface area contributed by atoms with Gasteiger partial charge in [0.15, 0.2) is 0 Å². The summed E-state index contributed by atoms with van der Waals surface area (Å²) in [6.07, 6.45) is -1.01. The number of hydrogen-bond acceptors (Lipinski definition) is 7. The van der Waals surface area contributed by atoms with Crippen LogP contribution in [0.15, 0.2) is 65.6 Å². The van der Waals surface area contributed by atoms with E-state index in [1.54, 1.807) is 24.3 Å². The minimum atomic E-state index is -4.06.